The van der Waals surface area contributed by atoms with Crippen molar-refractivity contribution in [3.05, 3.63) is 24.3 Å². The van der Waals surface area contributed by atoms with Gasteiger partial charge in [0.05, 0.1) is 6.54 Å². The van der Waals surface area contributed by atoms with Crippen LogP contribution in [0.5, 0.6) is 11.5 Å². The number of benzene rings is 1. The third kappa shape index (κ3) is 3.79. The number of nitrogens with zero attached hydrogens (tertiary/aromatic N) is 1. The van der Waals surface area contributed by atoms with Crippen molar-refractivity contribution in [1.82, 2.24) is 10.2 Å². The van der Waals surface area contributed by atoms with Crippen LogP contribution in [-0.4, -0.2) is 54.6 Å². The number of piperidine rings is 1. The Balaban J connectivity index is 1.59. The highest BCUT2D eigenvalue weighted by Gasteiger charge is 2.35. The molecule has 2 heterocycles. The molecule has 0 aliphatic carbocycles. The van der Waals surface area contributed by atoms with Crippen molar-refractivity contribution in [3.8, 4) is 11.5 Å². The van der Waals surface area contributed by atoms with Crippen LogP contribution in [0.4, 0.5) is 0 Å². The molecule has 3 N–H and O–H groups in total. The average molecular weight is 333 g/mol. The summed E-state index contributed by atoms with van der Waals surface area (Å²) in [6.07, 6.45) is 0.731. The fraction of sp³-hybridized carbons (Fsp3) is 0.529. The summed E-state index contributed by atoms with van der Waals surface area (Å²) in [4.78, 5) is 25.6. The molecule has 24 heavy (non-hydrogen) atoms. The smallest absolute Gasteiger partial charge is 0.265 e. The van der Waals surface area contributed by atoms with Crippen LogP contribution in [0.25, 0.3) is 0 Å². The molecule has 0 saturated carbocycles. The highest BCUT2D eigenvalue weighted by molar-refractivity contribution is 5.82. The Kier molecular flexibility index (Phi) is 4.89. The van der Waals surface area contributed by atoms with E-state index in [2.05, 4.69) is 5.32 Å². The topological polar surface area (TPSA) is 93.9 Å². The molecule has 1 saturated heterocycles. The molecule has 7 heteroatoms. The minimum atomic E-state index is -0.689. The van der Waals surface area contributed by atoms with E-state index in [1.807, 2.05) is 30.0 Å². The number of amides is 2. The molecule has 3 atom stereocenters. The number of nitrogens with two attached hydrogens (primary N) is 1. The minimum absolute atomic E-state index is 0.0152. The Morgan fingerprint density at radius 2 is 2.00 bits per heavy atom. The molecule has 0 aromatic heterocycles. The van der Waals surface area contributed by atoms with Crippen molar-refractivity contribution in [1.29, 1.82) is 0 Å². The minimum Gasteiger partial charge on any atom is -0.482 e. The monoisotopic (exact) mass is 333 g/mol. The van der Waals surface area contributed by atoms with Gasteiger partial charge in [-0.1, -0.05) is 12.1 Å². The van der Waals surface area contributed by atoms with E-state index in [4.69, 9.17) is 15.2 Å². The second kappa shape index (κ2) is 7.09. The highest BCUT2D eigenvalue weighted by atomic mass is 16.6. The van der Waals surface area contributed by atoms with E-state index in [1.54, 1.807) is 6.07 Å². The van der Waals surface area contributed by atoms with Gasteiger partial charge in [-0.25, -0.2) is 0 Å². The van der Waals surface area contributed by atoms with Crippen LogP contribution in [0.2, 0.25) is 0 Å². The fourth-order valence-electron chi connectivity index (χ4n) is 3.23. The third-order valence-corrected chi connectivity index (χ3v) is 4.33. The van der Waals surface area contributed by atoms with Crippen LogP contribution in [0.15, 0.2) is 24.3 Å². The lowest BCUT2D eigenvalue weighted by molar-refractivity contribution is -0.134. The second-order valence-corrected chi connectivity index (χ2v) is 6.36. The number of nitrogens with one attached hydrogen (secondary N) is 1. The number of para-hydroxylation sites is 2. The molecule has 0 bridgehead atoms. The lowest BCUT2D eigenvalue weighted by Crippen LogP contribution is -2.55. The summed E-state index contributed by atoms with van der Waals surface area (Å²) in [5, 5.41) is 3.02. The number of primary amides is 1. The van der Waals surface area contributed by atoms with Crippen LogP contribution in [0.1, 0.15) is 19.8 Å². The molecule has 130 valence electrons. The molecule has 1 aromatic rings. The highest BCUT2D eigenvalue weighted by Crippen LogP contribution is 2.33. The largest absolute Gasteiger partial charge is 0.482 e. The van der Waals surface area contributed by atoms with E-state index in [1.165, 1.54) is 0 Å². The van der Waals surface area contributed by atoms with Gasteiger partial charge in [0.2, 0.25) is 12.0 Å². The predicted octanol–water partition coefficient (Wildman–Crippen LogP) is 0.281. The second-order valence-electron chi connectivity index (χ2n) is 6.36. The van der Waals surface area contributed by atoms with E-state index in [0.717, 1.165) is 19.4 Å². The summed E-state index contributed by atoms with van der Waals surface area (Å²) in [5.41, 5.74) is 5.25. The predicted molar refractivity (Wildman–Crippen MR) is 87.7 cm³/mol. The third-order valence-electron chi connectivity index (χ3n) is 4.33. The molecule has 1 fully saturated rings. The molecule has 2 aliphatic heterocycles. The van der Waals surface area contributed by atoms with E-state index in [0.29, 0.717) is 18.0 Å². The van der Waals surface area contributed by atoms with E-state index in [-0.39, 0.29) is 30.5 Å². The standard InChI is InChI=1S/C17H23N3O4/c1-11-16(24-14-7-3-2-6-13(14)23-11)17(22)19-12-5-4-8-20(9-12)10-15(18)21/h2-3,6-7,11-12,16H,4-5,8-10H2,1H3,(H2,18,21)(H,19,22). The van der Waals surface area contributed by atoms with Gasteiger partial charge in [0.25, 0.3) is 5.91 Å². The zero-order valence-electron chi connectivity index (χ0n) is 13.7. The molecule has 0 radical (unpaired) electrons. The van der Waals surface area contributed by atoms with Gasteiger partial charge in [-0.2, -0.15) is 0 Å². The number of ether oxygens (including phenoxy) is 2. The average Bonchev–Trinajstić information content (AvgIpc) is 2.53. The van der Waals surface area contributed by atoms with Gasteiger partial charge in [-0.15, -0.1) is 0 Å². The number of carbonyl (C=O) groups excluding carboxylic acids is 2. The lowest BCUT2D eigenvalue weighted by atomic mass is 10.0. The molecule has 2 amide bonds. The fourth-order valence-corrected chi connectivity index (χ4v) is 3.23. The summed E-state index contributed by atoms with van der Waals surface area (Å²) < 4.78 is 11.6. The first-order chi connectivity index (χ1) is 11.5. The maximum atomic E-state index is 12.6. The normalized spacial score (nSPS) is 26.6. The van der Waals surface area contributed by atoms with Gasteiger partial charge in [0, 0.05) is 12.6 Å². The Morgan fingerprint density at radius 1 is 1.29 bits per heavy atom. The number of likely N-dealkylation sites (tertiary alicyclic amines) is 1. The summed E-state index contributed by atoms with van der Waals surface area (Å²) >= 11 is 0. The van der Waals surface area contributed by atoms with Gasteiger partial charge in [-0.3, -0.25) is 14.5 Å². The first kappa shape index (κ1) is 16.6. The molecule has 2 aliphatic rings. The van der Waals surface area contributed by atoms with Crippen molar-refractivity contribution in [2.75, 3.05) is 19.6 Å². The Hall–Kier alpha value is -2.28. The van der Waals surface area contributed by atoms with Gasteiger partial charge in [-0.05, 0) is 38.4 Å². The number of rotatable bonds is 4. The SMILES string of the molecule is CC1Oc2ccccc2OC1C(=O)NC1CCCN(CC(N)=O)C1. The number of hydrogen-bond donors (Lipinski definition) is 2. The number of fused-ring (bicyclic) bond motifs is 1. The Bertz CT molecular complexity index is 622. The first-order valence-corrected chi connectivity index (χ1v) is 8.26. The van der Waals surface area contributed by atoms with E-state index < -0.39 is 6.10 Å². The van der Waals surface area contributed by atoms with Crippen LogP contribution in [0.3, 0.4) is 0 Å². The maximum absolute atomic E-state index is 12.6. The molecular weight excluding hydrogens is 310 g/mol. The zero-order chi connectivity index (χ0) is 17.1. The molecule has 7 nitrogen and oxygen atoms in total. The van der Waals surface area contributed by atoms with Crippen LogP contribution in [0, 0.1) is 0 Å². The van der Waals surface area contributed by atoms with Crippen LogP contribution >= 0.6 is 0 Å². The lowest BCUT2D eigenvalue weighted by Gasteiger charge is -2.35. The van der Waals surface area contributed by atoms with Crippen LogP contribution in [-0.2, 0) is 9.59 Å². The molecular formula is C17H23N3O4. The van der Waals surface area contributed by atoms with Gasteiger partial charge in [0.15, 0.2) is 11.5 Å². The van der Waals surface area contributed by atoms with Crippen molar-refractivity contribution < 1.29 is 19.1 Å². The van der Waals surface area contributed by atoms with E-state index in [9.17, 15) is 9.59 Å². The van der Waals surface area contributed by atoms with E-state index >= 15 is 0 Å². The summed E-state index contributed by atoms with van der Waals surface area (Å²) in [6, 6.07) is 7.30. The van der Waals surface area contributed by atoms with Gasteiger partial charge in [0.1, 0.15) is 6.10 Å². The maximum Gasteiger partial charge on any atom is 0.265 e. The van der Waals surface area contributed by atoms with Gasteiger partial charge < -0.3 is 20.5 Å². The molecule has 3 unspecified atom stereocenters. The quantitative estimate of drug-likeness (QED) is 0.825. The van der Waals surface area contributed by atoms with Gasteiger partial charge >= 0.3 is 0 Å². The Labute approximate surface area is 141 Å². The molecule has 3 rings (SSSR count). The van der Waals surface area contributed by atoms with Crippen molar-refractivity contribution in [2.45, 2.75) is 38.0 Å². The molecule has 1 aromatic carbocycles. The van der Waals surface area contributed by atoms with Crippen molar-refractivity contribution >= 4 is 11.8 Å². The Morgan fingerprint density at radius 3 is 2.71 bits per heavy atom. The first-order valence-electron chi connectivity index (χ1n) is 8.26. The number of carbonyl (C=O) groups is 2. The summed E-state index contributed by atoms with van der Waals surface area (Å²) in [7, 11) is 0. The van der Waals surface area contributed by atoms with Crippen molar-refractivity contribution in [3.63, 3.8) is 0 Å². The van der Waals surface area contributed by atoms with Crippen molar-refractivity contribution in [2.24, 2.45) is 5.73 Å². The summed E-state index contributed by atoms with van der Waals surface area (Å²) in [6.45, 7) is 3.48. The zero-order valence-corrected chi connectivity index (χ0v) is 13.7. The number of hydrogen-bond acceptors (Lipinski definition) is 5. The van der Waals surface area contributed by atoms with Crippen LogP contribution < -0.4 is 20.5 Å². The molecule has 0 spiro atoms. The summed E-state index contributed by atoms with van der Waals surface area (Å²) in [5.74, 6) is 0.688.